The number of aliphatic hydroxyl groups excluding tert-OH is 2. The third kappa shape index (κ3) is 4.79. The van der Waals surface area contributed by atoms with Gasteiger partial charge < -0.3 is 29.8 Å². The SMILES string of the molecule is CC(C)=CCc1c2c(cc3c4c([nH]c13)[C@@]1(C)[C@@H](CC[C@H]3[C@](C)(/C=C/C=C(\C)C(=O)[O-])[C@@H](O)CC[C@@]31C)C4)C1=CC(C)(C)OC(C)(C)[C@H]1[C@@H]2O. The molecule has 0 saturated heterocycles. The molecule has 1 aliphatic heterocycles. The summed E-state index contributed by atoms with van der Waals surface area (Å²) in [6.07, 6.45) is 14.4. The van der Waals surface area contributed by atoms with E-state index in [4.69, 9.17) is 4.74 Å². The molecule has 2 fully saturated rings. The summed E-state index contributed by atoms with van der Waals surface area (Å²) in [5.74, 6) is -0.612. The fourth-order valence-corrected chi connectivity index (χ4v) is 11.7. The van der Waals surface area contributed by atoms with E-state index >= 15 is 0 Å². The highest BCUT2D eigenvalue weighted by molar-refractivity contribution is 5.96. The number of aromatic amines is 1. The minimum absolute atomic E-state index is 0.0990. The third-order valence-electron chi connectivity index (χ3n) is 14.2. The number of hydrogen-bond acceptors (Lipinski definition) is 5. The first-order valence-electron chi connectivity index (χ1n) is 18.5. The van der Waals surface area contributed by atoms with Crippen LogP contribution in [0.4, 0.5) is 0 Å². The molecule has 4 aliphatic carbocycles. The number of nitrogens with one attached hydrogen (secondary N) is 1. The van der Waals surface area contributed by atoms with Gasteiger partial charge in [0, 0.05) is 33.3 Å². The van der Waals surface area contributed by atoms with E-state index in [1.54, 1.807) is 13.0 Å². The van der Waals surface area contributed by atoms with E-state index in [0.29, 0.717) is 12.3 Å². The van der Waals surface area contributed by atoms with Crippen LogP contribution < -0.4 is 5.11 Å². The quantitative estimate of drug-likeness (QED) is 0.174. The lowest BCUT2D eigenvalue weighted by Gasteiger charge is -2.64. The normalized spacial score (nSPS) is 37.3. The number of carboxylic acids is 1. The van der Waals surface area contributed by atoms with Gasteiger partial charge in [0.25, 0.3) is 0 Å². The first-order valence-corrected chi connectivity index (χ1v) is 18.5. The lowest BCUT2D eigenvalue weighted by molar-refractivity contribution is -0.299. The van der Waals surface area contributed by atoms with Crippen molar-refractivity contribution in [1.29, 1.82) is 0 Å². The summed E-state index contributed by atoms with van der Waals surface area (Å²) in [6.45, 7) is 21.4. The summed E-state index contributed by atoms with van der Waals surface area (Å²) in [5, 5.41) is 36.4. The smallest absolute Gasteiger partial charge is 0.0895 e. The van der Waals surface area contributed by atoms with Crippen molar-refractivity contribution in [1.82, 2.24) is 4.98 Å². The average molecular weight is 667 g/mol. The van der Waals surface area contributed by atoms with Gasteiger partial charge in [0.2, 0.25) is 0 Å². The lowest BCUT2D eigenvalue weighted by atomic mass is 9.40. The highest BCUT2D eigenvalue weighted by Crippen LogP contribution is 2.70. The first-order chi connectivity index (χ1) is 22.8. The van der Waals surface area contributed by atoms with E-state index in [1.165, 1.54) is 38.9 Å². The van der Waals surface area contributed by atoms with Crippen molar-refractivity contribution in [2.45, 2.75) is 137 Å². The number of benzene rings is 1. The van der Waals surface area contributed by atoms with Gasteiger partial charge in [-0.2, -0.15) is 0 Å². The fourth-order valence-electron chi connectivity index (χ4n) is 11.7. The molecule has 0 radical (unpaired) electrons. The van der Waals surface area contributed by atoms with Crippen LogP contribution in [0.2, 0.25) is 0 Å². The Labute approximate surface area is 292 Å². The van der Waals surface area contributed by atoms with Crippen molar-refractivity contribution in [3.63, 3.8) is 0 Å². The molecule has 0 amide bonds. The van der Waals surface area contributed by atoms with Crippen LogP contribution in [-0.2, 0) is 27.8 Å². The highest BCUT2D eigenvalue weighted by Gasteiger charge is 2.66. The summed E-state index contributed by atoms with van der Waals surface area (Å²) < 4.78 is 6.57. The zero-order valence-corrected chi connectivity index (χ0v) is 31.2. The molecule has 5 aliphatic rings. The van der Waals surface area contributed by atoms with Gasteiger partial charge in [0.15, 0.2) is 0 Å². The molecule has 49 heavy (non-hydrogen) atoms. The van der Waals surface area contributed by atoms with Crippen LogP contribution in [0.15, 0.2) is 47.6 Å². The summed E-state index contributed by atoms with van der Waals surface area (Å²) in [4.78, 5) is 15.5. The van der Waals surface area contributed by atoms with Crippen LogP contribution in [0, 0.1) is 28.6 Å². The zero-order valence-electron chi connectivity index (χ0n) is 31.2. The van der Waals surface area contributed by atoms with Crippen LogP contribution in [-0.4, -0.2) is 38.5 Å². The number of aliphatic hydroxyl groups is 2. The van der Waals surface area contributed by atoms with Gasteiger partial charge in [-0.1, -0.05) is 50.6 Å². The molecule has 8 atom stereocenters. The van der Waals surface area contributed by atoms with Crippen molar-refractivity contribution < 1.29 is 24.9 Å². The number of carboxylic acid groups (broad SMARTS) is 1. The van der Waals surface area contributed by atoms with Gasteiger partial charge in [-0.15, -0.1) is 0 Å². The Morgan fingerprint density at radius 1 is 1.06 bits per heavy atom. The molecule has 264 valence electrons. The average Bonchev–Trinajstić information content (AvgIpc) is 3.60. The molecule has 0 unspecified atom stereocenters. The van der Waals surface area contributed by atoms with E-state index in [9.17, 15) is 20.1 Å². The van der Waals surface area contributed by atoms with Gasteiger partial charge in [0.1, 0.15) is 0 Å². The van der Waals surface area contributed by atoms with Crippen LogP contribution in [0.25, 0.3) is 16.5 Å². The van der Waals surface area contributed by atoms with E-state index in [-0.39, 0.29) is 28.2 Å². The molecular weight excluding hydrogens is 610 g/mol. The Hall–Kier alpha value is -2.93. The molecule has 6 nitrogen and oxygen atoms in total. The molecule has 1 aromatic carbocycles. The first kappa shape index (κ1) is 34.5. The lowest BCUT2D eigenvalue weighted by Crippen LogP contribution is -2.61. The second kappa shape index (κ2) is 11.0. The monoisotopic (exact) mass is 666 g/mol. The van der Waals surface area contributed by atoms with Crippen LogP contribution in [0.5, 0.6) is 0 Å². The molecular formula is C43H56NO5-. The van der Waals surface area contributed by atoms with Gasteiger partial charge in [-0.25, -0.2) is 0 Å². The van der Waals surface area contributed by atoms with Gasteiger partial charge in [-0.05, 0) is 150 Å². The van der Waals surface area contributed by atoms with Gasteiger partial charge in [0.05, 0.1) is 29.4 Å². The zero-order chi connectivity index (χ0) is 35.6. The predicted molar refractivity (Wildman–Crippen MR) is 194 cm³/mol. The third-order valence-corrected chi connectivity index (χ3v) is 14.2. The van der Waals surface area contributed by atoms with Crippen molar-refractivity contribution in [3.05, 3.63) is 75.5 Å². The number of carbonyl (C=O) groups is 1. The van der Waals surface area contributed by atoms with E-state index < -0.39 is 34.8 Å². The number of hydrogen-bond donors (Lipinski definition) is 3. The second-order valence-electron chi connectivity index (χ2n) is 18.1. The molecule has 1 aromatic heterocycles. The number of ether oxygens (including phenoxy) is 1. The molecule has 2 heterocycles. The van der Waals surface area contributed by atoms with Crippen LogP contribution >= 0.6 is 0 Å². The molecule has 3 N–H and O–H groups in total. The standard InChI is InChI=1S/C43H57NO5/c1-23(2)13-15-26-33-27(30-22-39(4,5)49-40(6,7)34(30)36(33)46)21-28-29-20-25-14-16-31-41(8,18-11-12-24(3)38(47)48)32(45)17-19-42(31,9)43(25,10)37(29)44-35(26)28/h11-13,18,21-22,25,31-32,34,36,44-46H,14-17,19-20H2,1-10H3,(H,47,48)/p-1/b18-11+,24-12+/t25-,31-,32-,34+,36+,41-,42-,43+/m0/s1. The van der Waals surface area contributed by atoms with Crippen molar-refractivity contribution >= 4 is 22.4 Å². The van der Waals surface area contributed by atoms with E-state index in [1.807, 2.05) is 6.08 Å². The predicted octanol–water partition coefficient (Wildman–Crippen LogP) is 7.57. The highest BCUT2D eigenvalue weighted by atomic mass is 16.5. The number of H-pyrrole nitrogens is 1. The van der Waals surface area contributed by atoms with Gasteiger partial charge >= 0.3 is 0 Å². The number of carbonyl (C=O) groups excluding carboxylic acids is 1. The molecule has 7 rings (SSSR count). The Balaban J connectivity index is 1.41. The van der Waals surface area contributed by atoms with Gasteiger partial charge in [-0.3, -0.25) is 0 Å². The number of aromatic nitrogens is 1. The van der Waals surface area contributed by atoms with Crippen molar-refractivity contribution in [2.75, 3.05) is 0 Å². The molecule has 2 aromatic rings. The van der Waals surface area contributed by atoms with E-state index in [0.717, 1.165) is 43.2 Å². The van der Waals surface area contributed by atoms with Crippen LogP contribution in [0.3, 0.4) is 0 Å². The number of rotatable bonds is 5. The van der Waals surface area contributed by atoms with Crippen LogP contribution in [0.1, 0.15) is 129 Å². The van der Waals surface area contributed by atoms with E-state index in [2.05, 4.69) is 91.6 Å². The number of allylic oxidation sites excluding steroid dienone is 4. The Morgan fingerprint density at radius 2 is 1.78 bits per heavy atom. The minimum atomic E-state index is -1.17. The summed E-state index contributed by atoms with van der Waals surface area (Å²) in [5.41, 5.74) is 8.27. The Kier molecular flexibility index (Phi) is 7.77. The maximum atomic E-state index is 12.2. The second-order valence-corrected chi connectivity index (χ2v) is 18.1. The topological polar surface area (TPSA) is 106 Å². The molecule has 0 spiro atoms. The van der Waals surface area contributed by atoms with Crippen molar-refractivity contribution in [2.24, 2.45) is 28.6 Å². The maximum absolute atomic E-state index is 12.2. The fraction of sp³-hybridized carbons (Fsp3) is 0.605. The maximum Gasteiger partial charge on any atom is 0.0895 e. The molecule has 2 saturated carbocycles. The number of fused-ring (bicyclic) bond motifs is 10. The molecule has 6 heteroatoms. The minimum Gasteiger partial charge on any atom is -0.545 e. The number of aliphatic carboxylic acids is 1. The summed E-state index contributed by atoms with van der Waals surface area (Å²) in [7, 11) is 0. The molecule has 0 bridgehead atoms. The Bertz CT molecular complexity index is 1870. The summed E-state index contributed by atoms with van der Waals surface area (Å²) >= 11 is 0. The van der Waals surface area contributed by atoms with Crippen molar-refractivity contribution in [3.8, 4) is 0 Å². The Morgan fingerprint density at radius 3 is 2.45 bits per heavy atom. The largest absolute Gasteiger partial charge is 0.545 e. The summed E-state index contributed by atoms with van der Waals surface area (Å²) in [6, 6.07) is 2.39.